The Morgan fingerprint density at radius 3 is 2.50 bits per heavy atom. The molecule has 1 amide bonds. The molecule has 0 saturated carbocycles. The van der Waals surface area contributed by atoms with Crippen LogP contribution in [0.1, 0.15) is 33.9 Å². The summed E-state index contributed by atoms with van der Waals surface area (Å²) in [6.45, 7) is 0. The van der Waals surface area contributed by atoms with Crippen molar-refractivity contribution in [3.05, 3.63) is 71.3 Å². The van der Waals surface area contributed by atoms with Crippen LogP contribution in [0.3, 0.4) is 0 Å². The standard InChI is InChI=1S/C19H19NO3S/c1-3-8-18(16-10-5-4-6-11-16)20-19(21)17-12-7-9-15(13-17)14-24(2,22)23/h1,4-7,9-13,18H,8,14H2,2H3,(H,20,21)/t18-/m1/s1. The van der Waals surface area contributed by atoms with Gasteiger partial charge < -0.3 is 5.32 Å². The van der Waals surface area contributed by atoms with Gasteiger partial charge in [0, 0.05) is 18.2 Å². The third-order valence-electron chi connectivity index (χ3n) is 3.45. The van der Waals surface area contributed by atoms with Crippen LogP contribution in [0, 0.1) is 12.3 Å². The fourth-order valence-electron chi connectivity index (χ4n) is 2.40. The van der Waals surface area contributed by atoms with Gasteiger partial charge in [0.15, 0.2) is 9.84 Å². The number of benzene rings is 2. The van der Waals surface area contributed by atoms with E-state index in [0.717, 1.165) is 11.8 Å². The zero-order chi connectivity index (χ0) is 17.6. The van der Waals surface area contributed by atoms with E-state index in [1.54, 1.807) is 24.3 Å². The van der Waals surface area contributed by atoms with Crippen molar-refractivity contribution >= 4 is 15.7 Å². The van der Waals surface area contributed by atoms with Crippen molar-refractivity contribution in [3.63, 3.8) is 0 Å². The van der Waals surface area contributed by atoms with E-state index in [4.69, 9.17) is 6.42 Å². The highest BCUT2D eigenvalue weighted by Crippen LogP contribution is 2.17. The van der Waals surface area contributed by atoms with E-state index in [2.05, 4.69) is 11.2 Å². The van der Waals surface area contributed by atoms with Gasteiger partial charge in [0.25, 0.3) is 5.91 Å². The Labute approximate surface area is 142 Å². The molecule has 2 aromatic carbocycles. The van der Waals surface area contributed by atoms with Gasteiger partial charge in [0.05, 0.1) is 11.8 Å². The van der Waals surface area contributed by atoms with E-state index in [0.29, 0.717) is 17.5 Å². The molecular formula is C19H19NO3S. The first kappa shape index (κ1) is 17.8. The van der Waals surface area contributed by atoms with Gasteiger partial charge in [0.1, 0.15) is 0 Å². The third-order valence-corrected chi connectivity index (χ3v) is 4.30. The summed E-state index contributed by atoms with van der Waals surface area (Å²) in [7, 11) is -3.15. The molecule has 0 aliphatic rings. The molecule has 0 radical (unpaired) electrons. The maximum Gasteiger partial charge on any atom is 0.251 e. The molecule has 0 heterocycles. The molecule has 0 unspecified atom stereocenters. The highest BCUT2D eigenvalue weighted by atomic mass is 32.2. The summed E-state index contributed by atoms with van der Waals surface area (Å²) < 4.78 is 22.8. The van der Waals surface area contributed by atoms with Crippen molar-refractivity contribution < 1.29 is 13.2 Å². The minimum atomic E-state index is -3.15. The topological polar surface area (TPSA) is 63.2 Å². The molecule has 0 spiro atoms. The van der Waals surface area contributed by atoms with Crippen LogP contribution in [0.4, 0.5) is 0 Å². The molecule has 0 aliphatic heterocycles. The second kappa shape index (κ2) is 7.80. The minimum Gasteiger partial charge on any atom is -0.344 e. The predicted molar refractivity (Wildman–Crippen MR) is 95.1 cm³/mol. The van der Waals surface area contributed by atoms with Crippen molar-refractivity contribution in [1.29, 1.82) is 0 Å². The summed E-state index contributed by atoms with van der Waals surface area (Å²) in [6, 6.07) is 15.8. The molecule has 0 aliphatic carbocycles. The molecule has 2 rings (SSSR count). The lowest BCUT2D eigenvalue weighted by Gasteiger charge is -2.17. The number of sulfone groups is 1. The molecule has 5 heteroatoms. The number of hydrogen-bond donors (Lipinski definition) is 1. The van der Waals surface area contributed by atoms with Gasteiger partial charge in [-0.2, -0.15) is 0 Å². The minimum absolute atomic E-state index is 0.0966. The van der Waals surface area contributed by atoms with E-state index in [-0.39, 0.29) is 17.7 Å². The van der Waals surface area contributed by atoms with Gasteiger partial charge >= 0.3 is 0 Å². The number of carbonyl (C=O) groups excluding carboxylic acids is 1. The van der Waals surface area contributed by atoms with E-state index in [9.17, 15) is 13.2 Å². The average Bonchev–Trinajstić information content (AvgIpc) is 2.54. The number of carbonyl (C=O) groups is 1. The van der Waals surface area contributed by atoms with Crippen LogP contribution in [0.25, 0.3) is 0 Å². The van der Waals surface area contributed by atoms with Gasteiger partial charge in [-0.3, -0.25) is 4.79 Å². The molecule has 24 heavy (non-hydrogen) atoms. The summed E-state index contributed by atoms with van der Waals surface area (Å²) in [5.74, 6) is 2.19. The molecule has 0 aromatic heterocycles. The van der Waals surface area contributed by atoms with Crippen LogP contribution in [-0.2, 0) is 15.6 Å². The summed E-state index contributed by atoms with van der Waals surface area (Å²) in [4.78, 5) is 12.5. The van der Waals surface area contributed by atoms with Crippen LogP contribution in [-0.4, -0.2) is 20.6 Å². The molecule has 4 nitrogen and oxygen atoms in total. The zero-order valence-electron chi connectivity index (χ0n) is 13.4. The molecule has 2 aromatic rings. The summed E-state index contributed by atoms with van der Waals surface area (Å²) in [5, 5.41) is 2.91. The Morgan fingerprint density at radius 2 is 1.88 bits per heavy atom. The van der Waals surface area contributed by atoms with Gasteiger partial charge in [-0.15, -0.1) is 12.3 Å². The molecule has 0 saturated heterocycles. The lowest BCUT2D eigenvalue weighted by atomic mass is 10.0. The zero-order valence-corrected chi connectivity index (χ0v) is 14.2. The number of terminal acetylenes is 1. The summed E-state index contributed by atoms with van der Waals surface area (Å²) in [5.41, 5.74) is 1.92. The first-order valence-electron chi connectivity index (χ1n) is 7.45. The highest BCUT2D eigenvalue weighted by Gasteiger charge is 2.15. The van der Waals surface area contributed by atoms with Gasteiger partial charge in [-0.1, -0.05) is 42.5 Å². The maximum absolute atomic E-state index is 12.5. The Bertz CT molecular complexity index is 852. The van der Waals surface area contributed by atoms with Crippen molar-refractivity contribution in [2.24, 2.45) is 0 Å². The van der Waals surface area contributed by atoms with E-state index in [1.807, 2.05) is 30.3 Å². The molecule has 0 bridgehead atoms. The second-order valence-electron chi connectivity index (χ2n) is 5.62. The van der Waals surface area contributed by atoms with Crippen molar-refractivity contribution in [2.75, 3.05) is 6.26 Å². The third kappa shape index (κ3) is 5.25. The van der Waals surface area contributed by atoms with Crippen LogP contribution in [0.2, 0.25) is 0 Å². The Morgan fingerprint density at radius 1 is 1.17 bits per heavy atom. The smallest absolute Gasteiger partial charge is 0.251 e. The SMILES string of the molecule is C#CC[C@@H](NC(=O)c1cccc(CS(C)(=O)=O)c1)c1ccccc1. The summed E-state index contributed by atoms with van der Waals surface area (Å²) in [6.07, 6.45) is 6.95. The quantitative estimate of drug-likeness (QED) is 0.822. The lowest BCUT2D eigenvalue weighted by molar-refractivity contribution is 0.0937. The number of rotatable bonds is 6. The van der Waals surface area contributed by atoms with Crippen LogP contribution in [0.15, 0.2) is 54.6 Å². The molecule has 124 valence electrons. The molecule has 1 atom stereocenters. The van der Waals surface area contributed by atoms with Crippen LogP contribution < -0.4 is 5.32 Å². The molecule has 1 N–H and O–H groups in total. The number of hydrogen-bond acceptors (Lipinski definition) is 3. The molecule has 0 fully saturated rings. The van der Waals surface area contributed by atoms with Crippen molar-refractivity contribution in [1.82, 2.24) is 5.32 Å². The van der Waals surface area contributed by atoms with Gasteiger partial charge in [0.2, 0.25) is 0 Å². The van der Waals surface area contributed by atoms with E-state index in [1.165, 1.54) is 0 Å². The number of amides is 1. The van der Waals surface area contributed by atoms with E-state index < -0.39 is 9.84 Å². The fourth-order valence-corrected chi connectivity index (χ4v) is 3.19. The van der Waals surface area contributed by atoms with Gasteiger partial charge in [-0.05, 0) is 23.3 Å². The van der Waals surface area contributed by atoms with Gasteiger partial charge in [-0.25, -0.2) is 8.42 Å². The van der Waals surface area contributed by atoms with Crippen molar-refractivity contribution in [3.8, 4) is 12.3 Å². The monoisotopic (exact) mass is 341 g/mol. The Balaban J connectivity index is 2.19. The number of nitrogens with one attached hydrogen (secondary N) is 1. The van der Waals surface area contributed by atoms with E-state index >= 15 is 0 Å². The first-order valence-corrected chi connectivity index (χ1v) is 9.51. The molecular weight excluding hydrogens is 322 g/mol. The largest absolute Gasteiger partial charge is 0.344 e. The summed E-state index contributed by atoms with van der Waals surface area (Å²) >= 11 is 0. The first-order chi connectivity index (χ1) is 11.4. The normalized spacial score (nSPS) is 12.2. The average molecular weight is 341 g/mol. The fraction of sp³-hybridized carbons (Fsp3) is 0.211. The second-order valence-corrected chi connectivity index (χ2v) is 7.76. The highest BCUT2D eigenvalue weighted by molar-refractivity contribution is 7.89. The van der Waals surface area contributed by atoms with Crippen molar-refractivity contribution in [2.45, 2.75) is 18.2 Å². The maximum atomic E-state index is 12.5. The van der Waals surface area contributed by atoms with Crippen LogP contribution >= 0.6 is 0 Å². The Hall–Kier alpha value is -2.58. The predicted octanol–water partition coefficient (Wildman–Crippen LogP) is 2.73. The Kier molecular flexibility index (Phi) is 5.78. The lowest BCUT2D eigenvalue weighted by Crippen LogP contribution is -2.28. The van der Waals surface area contributed by atoms with Crippen LogP contribution in [0.5, 0.6) is 0 Å².